The van der Waals surface area contributed by atoms with Crippen molar-refractivity contribution >= 4 is 22.8 Å². The van der Waals surface area contributed by atoms with Gasteiger partial charge in [0.15, 0.2) is 11.4 Å². The van der Waals surface area contributed by atoms with Crippen LogP contribution in [0.3, 0.4) is 0 Å². The summed E-state index contributed by atoms with van der Waals surface area (Å²) in [5, 5.41) is 0.675. The number of ketones is 1. The second kappa shape index (κ2) is 7.54. The number of ether oxygens (including phenoxy) is 1. The first-order chi connectivity index (χ1) is 12.6. The first-order valence-electron chi connectivity index (χ1n) is 8.01. The largest absolute Gasteiger partial charge is 0.480 e. The molecule has 0 aliphatic heterocycles. The van der Waals surface area contributed by atoms with E-state index in [4.69, 9.17) is 15.6 Å². The fourth-order valence-corrected chi connectivity index (χ4v) is 2.66. The van der Waals surface area contributed by atoms with E-state index in [-0.39, 0.29) is 29.3 Å². The highest BCUT2D eigenvalue weighted by atomic mass is 16.5. The summed E-state index contributed by atoms with van der Waals surface area (Å²) >= 11 is 0. The van der Waals surface area contributed by atoms with Crippen LogP contribution in [0.4, 0.5) is 0 Å². The quantitative estimate of drug-likeness (QED) is 0.304. The van der Waals surface area contributed by atoms with Crippen molar-refractivity contribution in [3.05, 3.63) is 81.7 Å². The van der Waals surface area contributed by atoms with E-state index >= 15 is 0 Å². The first kappa shape index (κ1) is 17.2. The molecule has 0 radical (unpaired) electrons. The van der Waals surface area contributed by atoms with E-state index in [0.717, 1.165) is 11.1 Å². The Morgan fingerprint density at radius 1 is 1.23 bits per heavy atom. The molecular weight excluding hydrogens is 328 g/mol. The number of carbonyl (C=O) groups is 1. The summed E-state index contributed by atoms with van der Waals surface area (Å²) in [5.74, 6) is 2.32. The minimum atomic E-state index is -0.523. The van der Waals surface area contributed by atoms with E-state index in [9.17, 15) is 9.59 Å². The predicted octanol–water partition coefficient (Wildman–Crippen LogP) is 4.01. The van der Waals surface area contributed by atoms with Crippen molar-refractivity contribution < 1.29 is 13.9 Å². The minimum absolute atomic E-state index is 0.00420. The third-order valence-corrected chi connectivity index (χ3v) is 3.87. The number of hydrogen-bond donors (Lipinski definition) is 0. The van der Waals surface area contributed by atoms with Crippen LogP contribution in [0.25, 0.3) is 17.0 Å². The smallest absolute Gasteiger partial charge is 0.336 e. The zero-order valence-corrected chi connectivity index (χ0v) is 14.2. The molecule has 0 amide bonds. The molecule has 26 heavy (non-hydrogen) atoms. The third-order valence-electron chi connectivity index (χ3n) is 3.87. The summed E-state index contributed by atoms with van der Waals surface area (Å²) in [5.41, 5.74) is 1.47. The molecule has 0 fully saturated rings. The maximum absolute atomic E-state index is 12.9. The van der Waals surface area contributed by atoms with Crippen molar-refractivity contribution in [3.63, 3.8) is 0 Å². The van der Waals surface area contributed by atoms with Gasteiger partial charge in [-0.25, -0.2) is 4.79 Å². The number of hydrogen-bond acceptors (Lipinski definition) is 4. The number of benzene rings is 2. The highest BCUT2D eigenvalue weighted by Crippen LogP contribution is 2.30. The molecule has 0 spiro atoms. The fraction of sp³-hybridized carbons (Fsp3) is 0.0909. The van der Waals surface area contributed by atoms with Crippen LogP contribution in [0.5, 0.6) is 5.75 Å². The summed E-state index contributed by atoms with van der Waals surface area (Å²) in [6.45, 7) is 1.79. The number of aryl methyl sites for hydroxylation is 1. The number of fused-ring (bicyclic) bond motifs is 1. The Bertz CT molecular complexity index is 1080. The van der Waals surface area contributed by atoms with Gasteiger partial charge in [0.1, 0.15) is 17.9 Å². The normalized spacial score (nSPS) is 10.8. The van der Waals surface area contributed by atoms with Gasteiger partial charge in [0.05, 0.1) is 0 Å². The summed E-state index contributed by atoms with van der Waals surface area (Å²) in [6, 6.07) is 14.2. The Balaban J connectivity index is 2.14. The molecule has 2 aromatic carbocycles. The summed E-state index contributed by atoms with van der Waals surface area (Å²) in [4.78, 5) is 24.7. The number of terminal acetylenes is 1. The summed E-state index contributed by atoms with van der Waals surface area (Å²) < 4.78 is 10.8. The standard InChI is InChI=1S/C22H16O4/c1-3-13-25-19-12-10-17-15(2)14-20(24)26-22(17)21(19)18(23)11-9-16-7-5-4-6-8-16/h1,4-12,14H,13H2,2H3/b11-9+. The van der Waals surface area contributed by atoms with Gasteiger partial charge in [0.25, 0.3) is 0 Å². The molecule has 4 heteroatoms. The van der Waals surface area contributed by atoms with E-state index in [2.05, 4.69) is 5.92 Å². The molecule has 0 N–H and O–H groups in total. The van der Waals surface area contributed by atoms with Crippen molar-refractivity contribution in [2.45, 2.75) is 6.92 Å². The molecule has 0 aliphatic rings. The fourth-order valence-electron chi connectivity index (χ4n) is 2.66. The van der Waals surface area contributed by atoms with Gasteiger partial charge < -0.3 is 9.15 Å². The lowest BCUT2D eigenvalue weighted by atomic mass is 10.0. The number of allylic oxidation sites excluding steroid dienone is 1. The average molecular weight is 344 g/mol. The van der Waals surface area contributed by atoms with Crippen molar-refractivity contribution in [2.24, 2.45) is 0 Å². The van der Waals surface area contributed by atoms with E-state index in [1.807, 2.05) is 30.3 Å². The minimum Gasteiger partial charge on any atom is -0.480 e. The van der Waals surface area contributed by atoms with Crippen LogP contribution in [-0.2, 0) is 0 Å². The lowest BCUT2D eigenvalue weighted by molar-refractivity contribution is 0.104. The maximum atomic E-state index is 12.9. The van der Waals surface area contributed by atoms with Crippen LogP contribution in [0.1, 0.15) is 21.5 Å². The van der Waals surface area contributed by atoms with Gasteiger partial charge in [-0.15, -0.1) is 6.42 Å². The van der Waals surface area contributed by atoms with Crippen molar-refractivity contribution in [1.82, 2.24) is 0 Å². The van der Waals surface area contributed by atoms with Gasteiger partial charge in [0.2, 0.25) is 0 Å². The molecule has 0 saturated carbocycles. The van der Waals surface area contributed by atoms with E-state index < -0.39 is 5.63 Å². The number of carbonyl (C=O) groups excluding carboxylic acids is 1. The zero-order valence-electron chi connectivity index (χ0n) is 14.2. The maximum Gasteiger partial charge on any atom is 0.336 e. The van der Waals surface area contributed by atoms with E-state index in [1.165, 1.54) is 12.1 Å². The molecule has 0 atom stereocenters. The van der Waals surface area contributed by atoms with E-state index in [0.29, 0.717) is 5.39 Å². The molecule has 0 aliphatic carbocycles. The molecule has 0 saturated heterocycles. The lowest BCUT2D eigenvalue weighted by Crippen LogP contribution is -2.06. The number of rotatable bonds is 5. The Morgan fingerprint density at radius 3 is 2.73 bits per heavy atom. The van der Waals surface area contributed by atoms with Gasteiger partial charge >= 0.3 is 5.63 Å². The predicted molar refractivity (Wildman–Crippen MR) is 101 cm³/mol. The molecule has 0 unspecified atom stereocenters. The Kier molecular flexibility index (Phi) is 5.00. The Labute approximate surface area is 150 Å². The molecule has 1 aromatic heterocycles. The van der Waals surface area contributed by atoms with Crippen molar-refractivity contribution in [2.75, 3.05) is 6.61 Å². The van der Waals surface area contributed by atoms with Gasteiger partial charge in [-0.1, -0.05) is 42.3 Å². The van der Waals surface area contributed by atoms with Crippen molar-refractivity contribution in [1.29, 1.82) is 0 Å². The topological polar surface area (TPSA) is 56.5 Å². The van der Waals surface area contributed by atoms with Crippen LogP contribution in [0.15, 0.2) is 63.8 Å². The van der Waals surface area contributed by atoms with E-state index in [1.54, 1.807) is 25.1 Å². The second-order valence-electron chi connectivity index (χ2n) is 5.66. The van der Waals surface area contributed by atoms with Gasteiger partial charge in [0, 0.05) is 11.5 Å². The molecule has 3 rings (SSSR count). The van der Waals surface area contributed by atoms with Gasteiger partial charge in [-0.2, -0.15) is 0 Å². The summed E-state index contributed by atoms with van der Waals surface area (Å²) in [7, 11) is 0. The summed E-state index contributed by atoms with van der Waals surface area (Å²) in [6.07, 6.45) is 8.37. The highest BCUT2D eigenvalue weighted by molar-refractivity contribution is 6.15. The lowest BCUT2D eigenvalue weighted by Gasteiger charge is -2.10. The first-order valence-corrected chi connectivity index (χ1v) is 8.01. The SMILES string of the molecule is C#CCOc1ccc2c(C)cc(=O)oc2c1C(=O)/C=C/c1ccccc1. The Morgan fingerprint density at radius 2 is 2.00 bits per heavy atom. The molecule has 0 bridgehead atoms. The molecule has 1 heterocycles. The van der Waals surface area contributed by atoms with Crippen LogP contribution in [-0.4, -0.2) is 12.4 Å². The average Bonchev–Trinajstić information content (AvgIpc) is 2.64. The molecular formula is C22H16O4. The molecule has 3 aromatic rings. The second-order valence-corrected chi connectivity index (χ2v) is 5.66. The van der Waals surface area contributed by atoms with Gasteiger partial charge in [-0.05, 0) is 36.3 Å². The molecule has 128 valence electrons. The molecule has 4 nitrogen and oxygen atoms in total. The van der Waals surface area contributed by atoms with Crippen LogP contribution in [0.2, 0.25) is 0 Å². The highest BCUT2D eigenvalue weighted by Gasteiger charge is 2.18. The van der Waals surface area contributed by atoms with Crippen LogP contribution >= 0.6 is 0 Å². The monoisotopic (exact) mass is 344 g/mol. The third kappa shape index (κ3) is 3.57. The van der Waals surface area contributed by atoms with Crippen LogP contribution in [0, 0.1) is 19.3 Å². The Hall–Kier alpha value is -3.58. The zero-order chi connectivity index (χ0) is 18.5. The van der Waals surface area contributed by atoms with Gasteiger partial charge in [-0.3, -0.25) is 4.79 Å². The van der Waals surface area contributed by atoms with Crippen molar-refractivity contribution in [3.8, 4) is 18.1 Å². The van der Waals surface area contributed by atoms with Crippen LogP contribution < -0.4 is 10.4 Å².